The Hall–Kier alpha value is -2.68. The Morgan fingerprint density at radius 1 is 1.07 bits per heavy atom. The summed E-state index contributed by atoms with van der Waals surface area (Å²) >= 11 is 5.78. The molecule has 0 saturated carbocycles. The van der Waals surface area contributed by atoms with Crippen LogP contribution in [0.3, 0.4) is 0 Å². The lowest BCUT2D eigenvalue weighted by Crippen LogP contribution is -2.26. The van der Waals surface area contributed by atoms with Gasteiger partial charge in [0, 0.05) is 29.4 Å². The van der Waals surface area contributed by atoms with E-state index in [9.17, 15) is 17.6 Å². The molecule has 0 unspecified atom stereocenters. The first-order chi connectivity index (χ1) is 14.2. The van der Waals surface area contributed by atoms with Gasteiger partial charge in [-0.2, -0.15) is 0 Å². The molecule has 9 heteroatoms. The maximum atomic E-state index is 14.1. The minimum Gasteiger partial charge on any atom is -0.492 e. The number of benzene rings is 2. The summed E-state index contributed by atoms with van der Waals surface area (Å²) in [4.78, 5) is 12.2. The number of hydrogen-bond donors (Lipinski definition) is 1. The first kappa shape index (κ1) is 22.0. The lowest BCUT2D eigenvalue weighted by Gasteiger charge is -2.11. The molecule has 1 aromatic heterocycles. The van der Waals surface area contributed by atoms with Crippen LogP contribution in [0.2, 0.25) is 5.02 Å². The van der Waals surface area contributed by atoms with Gasteiger partial charge in [-0.15, -0.1) is 0 Å². The fourth-order valence-corrected chi connectivity index (χ4v) is 3.41. The van der Waals surface area contributed by atoms with Gasteiger partial charge in [0.25, 0.3) is 5.56 Å². The van der Waals surface area contributed by atoms with Crippen molar-refractivity contribution in [2.75, 3.05) is 19.4 Å². The normalized spacial score (nSPS) is 11.4. The monoisotopic (exact) mass is 450 g/mol. The summed E-state index contributed by atoms with van der Waals surface area (Å²) in [5.41, 5.74) is 1.76. The minimum atomic E-state index is -3.24. The van der Waals surface area contributed by atoms with Gasteiger partial charge < -0.3 is 9.30 Å². The van der Waals surface area contributed by atoms with E-state index in [2.05, 4.69) is 4.72 Å². The molecule has 0 fully saturated rings. The Labute approximate surface area is 178 Å². The number of halogens is 2. The van der Waals surface area contributed by atoms with Crippen LogP contribution in [0, 0.1) is 5.82 Å². The van der Waals surface area contributed by atoms with E-state index in [0.717, 1.165) is 17.4 Å². The predicted molar refractivity (Wildman–Crippen MR) is 115 cm³/mol. The zero-order chi connectivity index (χ0) is 21.7. The highest BCUT2D eigenvalue weighted by atomic mass is 35.5. The van der Waals surface area contributed by atoms with Gasteiger partial charge in [-0.3, -0.25) is 4.79 Å². The lowest BCUT2D eigenvalue weighted by atomic mass is 10.1. The van der Waals surface area contributed by atoms with Crippen LogP contribution < -0.4 is 15.0 Å². The maximum absolute atomic E-state index is 14.1. The first-order valence-corrected chi connectivity index (χ1v) is 11.3. The quantitative estimate of drug-likeness (QED) is 0.534. The zero-order valence-electron chi connectivity index (χ0n) is 16.1. The van der Waals surface area contributed by atoms with Crippen LogP contribution in [-0.4, -0.2) is 32.4 Å². The molecule has 30 heavy (non-hydrogen) atoms. The maximum Gasteiger partial charge on any atom is 0.250 e. The third-order valence-electron chi connectivity index (χ3n) is 4.26. The van der Waals surface area contributed by atoms with Crippen molar-refractivity contribution < 1.29 is 17.5 Å². The fourth-order valence-electron chi connectivity index (χ4n) is 2.80. The van der Waals surface area contributed by atoms with E-state index in [1.807, 2.05) is 12.1 Å². The minimum absolute atomic E-state index is 0.0875. The van der Waals surface area contributed by atoms with Crippen molar-refractivity contribution in [3.05, 3.63) is 87.6 Å². The highest BCUT2D eigenvalue weighted by Gasteiger charge is 2.07. The average molecular weight is 451 g/mol. The molecular formula is C21H20ClFN2O4S. The summed E-state index contributed by atoms with van der Waals surface area (Å²) in [6.45, 7) is 0.459. The van der Waals surface area contributed by atoms with Crippen LogP contribution in [0.5, 0.6) is 5.75 Å². The Morgan fingerprint density at radius 3 is 2.43 bits per heavy atom. The predicted octanol–water partition coefficient (Wildman–Crippen LogP) is 3.28. The molecule has 0 aliphatic heterocycles. The lowest BCUT2D eigenvalue weighted by molar-refractivity contribution is 0.323. The average Bonchev–Trinajstić information content (AvgIpc) is 2.69. The van der Waals surface area contributed by atoms with E-state index in [1.54, 1.807) is 36.5 Å². The molecule has 0 amide bonds. The molecule has 3 aromatic rings. The Kier molecular flexibility index (Phi) is 6.91. The van der Waals surface area contributed by atoms with Crippen molar-refractivity contribution >= 4 is 21.6 Å². The third-order valence-corrected chi connectivity index (χ3v) is 5.23. The number of sulfonamides is 1. The molecule has 2 aromatic carbocycles. The molecule has 1 heterocycles. The summed E-state index contributed by atoms with van der Waals surface area (Å²) in [5, 5.41) is 0.298. The molecule has 6 nitrogen and oxygen atoms in total. The van der Waals surface area contributed by atoms with Gasteiger partial charge in [0.1, 0.15) is 18.2 Å². The van der Waals surface area contributed by atoms with Crippen molar-refractivity contribution in [1.82, 2.24) is 9.29 Å². The van der Waals surface area contributed by atoms with E-state index >= 15 is 0 Å². The van der Waals surface area contributed by atoms with Gasteiger partial charge in [-0.05, 0) is 41.5 Å². The second-order valence-corrected chi connectivity index (χ2v) is 8.93. The third kappa shape index (κ3) is 6.16. The standard InChI is InChI=1S/C21H20ClFN2O4S/c1-30(27,28)24-10-11-29-19-7-3-15(4-8-19)16-5-9-21(26)25(13-16)14-17-2-6-18(22)12-20(17)23/h2-9,12-13,24H,10-11,14H2,1H3. The van der Waals surface area contributed by atoms with Crippen LogP contribution in [0.25, 0.3) is 11.1 Å². The number of nitrogens with zero attached hydrogens (tertiary/aromatic N) is 1. The summed E-state index contributed by atoms with van der Waals surface area (Å²) in [6, 6.07) is 14.6. The Morgan fingerprint density at radius 2 is 1.77 bits per heavy atom. The molecule has 0 saturated heterocycles. The van der Waals surface area contributed by atoms with Crippen LogP contribution in [0.4, 0.5) is 4.39 Å². The van der Waals surface area contributed by atoms with Crippen LogP contribution in [0.1, 0.15) is 5.56 Å². The van der Waals surface area contributed by atoms with Crippen LogP contribution >= 0.6 is 11.6 Å². The number of pyridine rings is 1. The molecule has 0 radical (unpaired) electrons. The van der Waals surface area contributed by atoms with Crippen molar-refractivity contribution in [2.45, 2.75) is 6.54 Å². The van der Waals surface area contributed by atoms with Gasteiger partial charge >= 0.3 is 0 Å². The smallest absolute Gasteiger partial charge is 0.250 e. The number of ether oxygens (including phenoxy) is 1. The highest BCUT2D eigenvalue weighted by molar-refractivity contribution is 7.88. The van der Waals surface area contributed by atoms with Gasteiger partial charge in [-0.25, -0.2) is 17.5 Å². The van der Waals surface area contributed by atoms with E-state index in [4.69, 9.17) is 16.3 Å². The number of aromatic nitrogens is 1. The topological polar surface area (TPSA) is 77.4 Å². The zero-order valence-corrected chi connectivity index (χ0v) is 17.7. The summed E-state index contributed by atoms with van der Waals surface area (Å²) in [5.74, 6) is 0.122. The summed E-state index contributed by atoms with van der Waals surface area (Å²) in [7, 11) is -3.24. The number of rotatable bonds is 8. The molecule has 0 bridgehead atoms. The molecule has 1 N–H and O–H groups in total. The Bertz CT molecular complexity index is 1190. The SMILES string of the molecule is CS(=O)(=O)NCCOc1ccc(-c2ccc(=O)n(Cc3ccc(Cl)cc3F)c2)cc1. The molecule has 0 aliphatic rings. The molecule has 158 valence electrons. The van der Waals surface area contributed by atoms with Crippen molar-refractivity contribution in [3.8, 4) is 16.9 Å². The van der Waals surface area contributed by atoms with Gasteiger partial charge in [0.2, 0.25) is 10.0 Å². The summed E-state index contributed by atoms with van der Waals surface area (Å²) < 4.78 is 45.4. The van der Waals surface area contributed by atoms with E-state index < -0.39 is 15.8 Å². The van der Waals surface area contributed by atoms with Crippen molar-refractivity contribution in [2.24, 2.45) is 0 Å². The van der Waals surface area contributed by atoms with Gasteiger partial charge in [0.05, 0.1) is 12.8 Å². The van der Waals surface area contributed by atoms with E-state index in [1.165, 1.54) is 16.7 Å². The molecular weight excluding hydrogens is 431 g/mol. The number of hydrogen-bond acceptors (Lipinski definition) is 4. The summed E-state index contributed by atoms with van der Waals surface area (Å²) in [6.07, 6.45) is 2.75. The van der Waals surface area contributed by atoms with Crippen LogP contribution in [0.15, 0.2) is 65.6 Å². The van der Waals surface area contributed by atoms with Crippen molar-refractivity contribution in [3.63, 3.8) is 0 Å². The first-order valence-electron chi connectivity index (χ1n) is 9.03. The largest absolute Gasteiger partial charge is 0.492 e. The molecule has 0 atom stereocenters. The second kappa shape index (κ2) is 9.42. The number of nitrogens with one attached hydrogen (secondary N) is 1. The second-order valence-electron chi connectivity index (χ2n) is 6.66. The van der Waals surface area contributed by atoms with E-state index in [-0.39, 0.29) is 25.3 Å². The van der Waals surface area contributed by atoms with Gasteiger partial charge in [0.15, 0.2) is 0 Å². The molecule has 3 rings (SSSR count). The van der Waals surface area contributed by atoms with Gasteiger partial charge in [-0.1, -0.05) is 29.8 Å². The molecule has 0 spiro atoms. The highest BCUT2D eigenvalue weighted by Crippen LogP contribution is 2.22. The Balaban J connectivity index is 1.71. The fraction of sp³-hybridized carbons (Fsp3) is 0.190. The van der Waals surface area contributed by atoms with Crippen molar-refractivity contribution in [1.29, 1.82) is 0 Å². The van der Waals surface area contributed by atoms with Crippen LogP contribution in [-0.2, 0) is 16.6 Å². The van der Waals surface area contributed by atoms with E-state index in [0.29, 0.717) is 16.3 Å². The molecule has 0 aliphatic carbocycles.